The standard InChI is InChI=1S/C32H38N8O2/c1-19(2)40-30-24(18-35-32(38-30)36-25-9-7-22(8-10-25)23-11-13-33-14-12-23)16-26(31(40)42)28-20(3)17-34-29(37-28)27-6-5-15-39(27)21(4)41/h7-10,16-19,23,27,33H,5-6,11-15H2,1-4H3,(H,35,36,38). The summed E-state index contributed by atoms with van der Waals surface area (Å²) >= 11 is 0. The van der Waals surface area contributed by atoms with E-state index < -0.39 is 0 Å². The van der Waals surface area contributed by atoms with Crippen molar-refractivity contribution in [3.8, 4) is 11.3 Å². The maximum absolute atomic E-state index is 14.0. The van der Waals surface area contributed by atoms with Crippen LogP contribution in [-0.2, 0) is 4.79 Å². The zero-order valence-electron chi connectivity index (χ0n) is 24.7. The summed E-state index contributed by atoms with van der Waals surface area (Å²) in [5.74, 6) is 1.61. The second-order valence-corrected chi connectivity index (χ2v) is 11.7. The number of hydrogen-bond donors (Lipinski definition) is 2. The second kappa shape index (κ2) is 11.6. The summed E-state index contributed by atoms with van der Waals surface area (Å²) < 4.78 is 1.70. The number of pyridine rings is 1. The van der Waals surface area contributed by atoms with Gasteiger partial charge in [0, 0.05) is 43.0 Å². The molecule has 218 valence electrons. The van der Waals surface area contributed by atoms with Gasteiger partial charge in [0.25, 0.3) is 5.56 Å². The molecule has 1 unspecified atom stereocenters. The number of rotatable bonds is 6. The zero-order valence-corrected chi connectivity index (χ0v) is 24.7. The molecule has 2 saturated heterocycles. The van der Waals surface area contributed by atoms with E-state index in [0.29, 0.717) is 41.1 Å². The number of fused-ring (bicyclic) bond motifs is 1. The van der Waals surface area contributed by atoms with Crippen LogP contribution in [0.5, 0.6) is 0 Å². The van der Waals surface area contributed by atoms with E-state index in [9.17, 15) is 9.59 Å². The average molecular weight is 567 g/mol. The molecule has 4 aromatic rings. The molecule has 3 aromatic heterocycles. The van der Waals surface area contributed by atoms with Crippen LogP contribution in [0.4, 0.5) is 11.6 Å². The molecule has 0 radical (unpaired) electrons. The van der Waals surface area contributed by atoms with Gasteiger partial charge in [0.1, 0.15) is 5.65 Å². The molecule has 6 rings (SSSR count). The summed E-state index contributed by atoms with van der Waals surface area (Å²) in [5.41, 5.74) is 4.50. The summed E-state index contributed by atoms with van der Waals surface area (Å²) in [6, 6.07) is 9.99. The highest BCUT2D eigenvalue weighted by Crippen LogP contribution is 2.32. The summed E-state index contributed by atoms with van der Waals surface area (Å²) in [5, 5.41) is 7.48. The van der Waals surface area contributed by atoms with Crippen molar-refractivity contribution < 1.29 is 4.79 Å². The normalized spacial score (nSPS) is 17.7. The smallest absolute Gasteiger partial charge is 0.261 e. The Labute approximate surface area is 245 Å². The van der Waals surface area contributed by atoms with Gasteiger partial charge in [-0.3, -0.25) is 14.2 Å². The number of carbonyl (C=O) groups is 1. The Morgan fingerprint density at radius 3 is 2.52 bits per heavy atom. The SMILES string of the molecule is CC(=O)N1CCCC1c1ncc(C)c(-c2cc3cnc(Nc4ccc(C5CCNCC5)cc4)nc3n(C(C)C)c2=O)n1. The minimum Gasteiger partial charge on any atom is -0.333 e. The Morgan fingerprint density at radius 1 is 1.05 bits per heavy atom. The first kappa shape index (κ1) is 28.0. The van der Waals surface area contributed by atoms with Gasteiger partial charge in [-0.15, -0.1) is 0 Å². The van der Waals surface area contributed by atoms with Crippen LogP contribution >= 0.6 is 0 Å². The third-order valence-corrected chi connectivity index (χ3v) is 8.47. The molecular formula is C32H38N8O2. The third-order valence-electron chi connectivity index (χ3n) is 8.47. The van der Waals surface area contributed by atoms with E-state index in [4.69, 9.17) is 9.97 Å². The second-order valence-electron chi connectivity index (χ2n) is 11.7. The fourth-order valence-electron chi connectivity index (χ4n) is 6.25. The third kappa shape index (κ3) is 5.38. The van der Waals surface area contributed by atoms with Crippen LogP contribution in [0, 0.1) is 6.92 Å². The lowest BCUT2D eigenvalue weighted by Gasteiger charge is -2.23. The van der Waals surface area contributed by atoms with E-state index >= 15 is 0 Å². The Morgan fingerprint density at radius 2 is 1.81 bits per heavy atom. The summed E-state index contributed by atoms with van der Waals surface area (Å²) in [6.07, 6.45) is 7.52. The number of aromatic nitrogens is 5. The van der Waals surface area contributed by atoms with Crippen molar-refractivity contribution in [2.45, 2.75) is 71.4 Å². The van der Waals surface area contributed by atoms with Gasteiger partial charge in [-0.25, -0.2) is 15.0 Å². The molecule has 1 aromatic carbocycles. The minimum absolute atomic E-state index is 0.00960. The molecule has 2 aliphatic rings. The van der Waals surface area contributed by atoms with Crippen molar-refractivity contribution in [3.63, 3.8) is 0 Å². The van der Waals surface area contributed by atoms with E-state index in [2.05, 4.69) is 44.9 Å². The molecule has 42 heavy (non-hydrogen) atoms. The number of nitrogens with zero attached hydrogens (tertiary/aromatic N) is 6. The lowest BCUT2D eigenvalue weighted by atomic mass is 9.90. The predicted octanol–water partition coefficient (Wildman–Crippen LogP) is 5.03. The molecule has 1 amide bonds. The van der Waals surface area contributed by atoms with Crippen molar-refractivity contribution in [2.75, 3.05) is 25.0 Å². The van der Waals surface area contributed by atoms with Gasteiger partial charge in [0.05, 0.1) is 17.3 Å². The van der Waals surface area contributed by atoms with Crippen LogP contribution in [0.3, 0.4) is 0 Å². The van der Waals surface area contributed by atoms with Gasteiger partial charge in [0.2, 0.25) is 11.9 Å². The topological polar surface area (TPSA) is 118 Å². The van der Waals surface area contributed by atoms with E-state index in [0.717, 1.165) is 55.4 Å². The molecule has 0 bridgehead atoms. The van der Waals surface area contributed by atoms with Crippen LogP contribution in [0.1, 0.15) is 81.4 Å². The lowest BCUT2D eigenvalue weighted by Crippen LogP contribution is -2.29. The van der Waals surface area contributed by atoms with Gasteiger partial charge >= 0.3 is 0 Å². The van der Waals surface area contributed by atoms with Crippen LogP contribution in [0.15, 0.2) is 47.5 Å². The van der Waals surface area contributed by atoms with Crippen LogP contribution in [0.2, 0.25) is 0 Å². The Hall–Kier alpha value is -4.18. The number of amides is 1. The highest BCUT2D eigenvalue weighted by molar-refractivity contribution is 5.82. The van der Waals surface area contributed by atoms with Crippen molar-refractivity contribution in [1.82, 2.24) is 34.7 Å². The predicted molar refractivity (Wildman–Crippen MR) is 164 cm³/mol. The van der Waals surface area contributed by atoms with Crippen molar-refractivity contribution in [2.24, 2.45) is 0 Å². The summed E-state index contributed by atoms with van der Waals surface area (Å²) in [7, 11) is 0. The van der Waals surface area contributed by atoms with Crippen molar-refractivity contribution in [3.05, 3.63) is 70.0 Å². The highest BCUT2D eigenvalue weighted by atomic mass is 16.2. The number of anilines is 2. The van der Waals surface area contributed by atoms with Crippen molar-refractivity contribution in [1.29, 1.82) is 0 Å². The minimum atomic E-state index is -0.180. The molecular weight excluding hydrogens is 528 g/mol. The fourth-order valence-corrected chi connectivity index (χ4v) is 6.25. The first-order valence-electron chi connectivity index (χ1n) is 14.9. The van der Waals surface area contributed by atoms with E-state index in [-0.39, 0.29) is 23.6 Å². The number of nitrogens with one attached hydrogen (secondary N) is 2. The molecule has 5 heterocycles. The average Bonchev–Trinajstić information content (AvgIpc) is 3.49. The molecule has 2 aliphatic heterocycles. The van der Waals surface area contributed by atoms with Gasteiger partial charge in [-0.2, -0.15) is 4.98 Å². The number of benzene rings is 1. The van der Waals surface area contributed by atoms with E-state index in [1.807, 2.05) is 31.7 Å². The Balaban J connectivity index is 1.34. The molecule has 1 atom stereocenters. The lowest BCUT2D eigenvalue weighted by molar-refractivity contribution is -0.129. The first-order chi connectivity index (χ1) is 20.3. The van der Waals surface area contributed by atoms with E-state index in [1.165, 1.54) is 5.56 Å². The molecule has 2 fully saturated rings. The number of hydrogen-bond acceptors (Lipinski definition) is 8. The van der Waals surface area contributed by atoms with Gasteiger partial charge in [-0.1, -0.05) is 12.1 Å². The van der Waals surface area contributed by atoms with E-state index in [1.54, 1.807) is 23.9 Å². The zero-order chi connectivity index (χ0) is 29.4. The quantitative estimate of drug-likeness (QED) is 0.334. The monoisotopic (exact) mass is 566 g/mol. The van der Waals surface area contributed by atoms with Gasteiger partial charge in [-0.05, 0) is 94.8 Å². The largest absolute Gasteiger partial charge is 0.333 e. The van der Waals surface area contributed by atoms with Crippen LogP contribution in [-0.4, -0.2) is 54.9 Å². The molecule has 0 aliphatic carbocycles. The number of piperidine rings is 1. The maximum atomic E-state index is 14.0. The molecule has 2 N–H and O–H groups in total. The molecule has 10 nitrogen and oxygen atoms in total. The fraction of sp³-hybridized carbons (Fsp3) is 0.438. The number of carbonyl (C=O) groups excluding carboxylic acids is 1. The number of aryl methyl sites for hydroxylation is 1. The summed E-state index contributed by atoms with van der Waals surface area (Å²) in [4.78, 5) is 46.8. The van der Waals surface area contributed by atoms with Gasteiger partial charge in [0.15, 0.2) is 5.82 Å². The molecule has 0 spiro atoms. The summed E-state index contributed by atoms with van der Waals surface area (Å²) in [6.45, 7) is 10.2. The Bertz CT molecular complexity index is 1670. The Kier molecular flexibility index (Phi) is 7.72. The number of likely N-dealkylation sites (tertiary alicyclic amines) is 1. The first-order valence-corrected chi connectivity index (χ1v) is 14.9. The van der Waals surface area contributed by atoms with Crippen LogP contribution in [0.25, 0.3) is 22.3 Å². The maximum Gasteiger partial charge on any atom is 0.261 e. The molecule has 10 heteroatoms. The highest BCUT2D eigenvalue weighted by Gasteiger charge is 2.31. The van der Waals surface area contributed by atoms with Crippen molar-refractivity contribution >= 4 is 28.6 Å². The van der Waals surface area contributed by atoms with Crippen LogP contribution < -0.4 is 16.2 Å². The van der Waals surface area contributed by atoms with Gasteiger partial charge < -0.3 is 15.5 Å². The molecule has 0 saturated carbocycles.